The molecule has 0 saturated heterocycles. The molecule has 30 heavy (non-hydrogen) atoms. The molecule has 0 N–H and O–H groups in total. The number of nitrogens with zero attached hydrogens (tertiary/aromatic N) is 1. The Hall–Kier alpha value is -0.726. The minimum Gasteiger partial charge on any atom is -0.334 e. The van der Waals surface area contributed by atoms with Crippen LogP contribution in [0.15, 0.2) is 70.1 Å². The second-order valence-corrected chi connectivity index (χ2v) is 26.5. The predicted molar refractivity (Wildman–Crippen MR) is 149 cm³/mol. The quantitative estimate of drug-likeness (QED) is 0.294. The molecule has 0 heterocycles. The molecular formula is C25H41NP2Si2. The summed E-state index contributed by atoms with van der Waals surface area (Å²) in [5.74, 6) is 0. The summed E-state index contributed by atoms with van der Waals surface area (Å²) in [6.07, 6.45) is 0. The van der Waals surface area contributed by atoms with Crippen molar-refractivity contribution in [3.63, 3.8) is 0 Å². The summed E-state index contributed by atoms with van der Waals surface area (Å²) in [7, 11) is -4.30. The summed E-state index contributed by atoms with van der Waals surface area (Å²) in [5, 5.41) is 4.99. The van der Waals surface area contributed by atoms with Gasteiger partial charge in [0.1, 0.15) is 0 Å². The monoisotopic (exact) mass is 473 g/mol. The maximum absolute atomic E-state index is 5.60. The molecule has 0 aromatic heterocycles. The van der Waals surface area contributed by atoms with Gasteiger partial charge in [-0.05, 0) is 46.5 Å². The summed E-state index contributed by atoms with van der Waals surface area (Å²) in [6.45, 7) is 24.5. The third-order valence-corrected chi connectivity index (χ3v) is 20.7. The van der Waals surface area contributed by atoms with Gasteiger partial charge in [-0.25, -0.2) is 0 Å². The van der Waals surface area contributed by atoms with E-state index in [2.05, 4.69) is 127 Å². The van der Waals surface area contributed by atoms with E-state index >= 15 is 0 Å². The average molecular weight is 474 g/mol. The molecule has 0 fully saturated rings. The van der Waals surface area contributed by atoms with Crippen LogP contribution in [0.2, 0.25) is 37.8 Å². The summed E-state index contributed by atoms with van der Waals surface area (Å²) in [6, 6.07) is 22.3. The molecule has 1 nitrogen and oxygen atoms in total. The van der Waals surface area contributed by atoms with Gasteiger partial charge in [0.25, 0.3) is 0 Å². The Morgan fingerprint density at radius 2 is 1.27 bits per heavy atom. The molecule has 0 aliphatic heterocycles. The van der Waals surface area contributed by atoms with Gasteiger partial charge in [-0.2, -0.15) is 0 Å². The third kappa shape index (κ3) is 6.39. The highest BCUT2D eigenvalue weighted by Gasteiger charge is 2.42. The van der Waals surface area contributed by atoms with E-state index in [0.717, 1.165) is 0 Å². The molecule has 0 radical (unpaired) electrons. The highest BCUT2D eigenvalue weighted by Crippen LogP contribution is 2.64. The fourth-order valence-electron chi connectivity index (χ4n) is 3.70. The molecule has 0 aliphatic rings. The van der Waals surface area contributed by atoms with Crippen molar-refractivity contribution in [1.82, 2.24) is 0 Å². The van der Waals surface area contributed by atoms with Crippen LogP contribution < -0.4 is 5.30 Å². The van der Waals surface area contributed by atoms with Crippen molar-refractivity contribution in [2.75, 3.05) is 13.3 Å². The Morgan fingerprint density at radius 1 is 0.800 bits per heavy atom. The average Bonchev–Trinajstić information content (AvgIpc) is 2.60. The molecular weight excluding hydrogens is 432 g/mol. The van der Waals surface area contributed by atoms with Crippen molar-refractivity contribution in [2.24, 2.45) is 4.41 Å². The van der Waals surface area contributed by atoms with Gasteiger partial charge in [0.2, 0.25) is 0 Å². The highest BCUT2D eigenvalue weighted by molar-refractivity contribution is 7.83. The molecule has 2 aromatic rings. The van der Waals surface area contributed by atoms with E-state index in [1.54, 1.807) is 10.3 Å². The van der Waals surface area contributed by atoms with Crippen LogP contribution >= 0.6 is 15.6 Å². The Bertz CT molecular complexity index is 929. The Kier molecular flexibility index (Phi) is 8.01. The first-order valence-corrected chi connectivity index (χ1v) is 20.9. The predicted octanol–water partition coefficient (Wildman–Crippen LogP) is 8.70. The van der Waals surface area contributed by atoms with Crippen LogP contribution in [0.4, 0.5) is 0 Å². The number of rotatable bonds is 6. The Labute approximate surface area is 189 Å². The molecule has 0 spiro atoms. The van der Waals surface area contributed by atoms with Gasteiger partial charge in [-0.3, -0.25) is 0 Å². The van der Waals surface area contributed by atoms with Crippen LogP contribution in [0.5, 0.6) is 0 Å². The van der Waals surface area contributed by atoms with Crippen LogP contribution in [0.1, 0.15) is 26.3 Å². The van der Waals surface area contributed by atoms with E-state index in [-0.39, 0.29) is 5.04 Å². The first kappa shape index (κ1) is 25.5. The van der Waals surface area contributed by atoms with Gasteiger partial charge in [0.05, 0.1) is 8.07 Å². The van der Waals surface area contributed by atoms with E-state index in [1.807, 2.05) is 0 Å². The largest absolute Gasteiger partial charge is 0.334 e. The minimum atomic E-state index is -1.81. The number of hydrogen-bond acceptors (Lipinski definition) is 1. The van der Waals surface area contributed by atoms with E-state index in [1.165, 1.54) is 10.9 Å². The molecule has 0 aliphatic carbocycles. The van der Waals surface area contributed by atoms with E-state index in [4.69, 9.17) is 4.41 Å². The molecule has 2 rings (SSSR count). The zero-order chi connectivity index (χ0) is 22.8. The lowest BCUT2D eigenvalue weighted by molar-refractivity contribution is 0.730. The van der Waals surface area contributed by atoms with Crippen LogP contribution in [0, 0.1) is 0 Å². The fourth-order valence-corrected chi connectivity index (χ4v) is 18.6. The van der Waals surface area contributed by atoms with Crippen LogP contribution in [0.25, 0.3) is 5.20 Å². The molecule has 0 saturated carbocycles. The molecule has 2 aromatic carbocycles. The van der Waals surface area contributed by atoms with Gasteiger partial charge in [0.15, 0.2) is 8.24 Å². The maximum atomic E-state index is 5.60. The van der Waals surface area contributed by atoms with Gasteiger partial charge >= 0.3 is 0 Å². The van der Waals surface area contributed by atoms with Gasteiger partial charge in [-0.15, -0.1) is 0 Å². The van der Waals surface area contributed by atoms with Crippen molar-refractivity contribution in [2.45, 2.75) is 58.5 Å². The molecule has 5 heteroatoms. The second kappa shape index (κ2) is 9.41. The lowest BCUT2D eigenvalue weighted by atomic mass is 10.2. The zero-order valence-electron chi connectivity index (χ0n) is 20.7. The summed E-state index contributed by atoms with van der Waals surface area (Å²) < 4.78 is 5.60. The SMILES string of the molecule is CC(C)(C)[Si](C)(C)/C(=C(\Pc1ccccc1)P(C)(C)=N[Si](C)(C)C)c1ccccc1. The molecule has 0 amide bonds. The molecule has 1 atom stereocenters. The first-order chi connectivity index (χ1) is 13.7. The van der Waals surface area contributed by atoms with Crippen molar-refractivity contribution in [3.05, 3.63) is 71.3 Å². The lowest BCUT2D eigenvalue weighted by Gasteiger charge is -2.42. The van der Waals surface area contributed by atoms with E-state index in [0.29, 0.717) is 8.58 Å². The molecule has 164 valence electrons. The topological polar surface area (TPSA) is 12.4 Å². The highest BCUT2D eigenvalue weighted by atomic mass is 31.2. The van der Waals surface area contributed by atoms with Crippen molar-refractivity contribution in [1.29, 1.82) is 0 Å². The van der Waals surface area contributed by atoms with Crippen LogP contribution in [-0.4, -0.2) is 29.6 Å². The maximum Gasteiger partial charge on any atom is 0.170 e. The van der Waals surface area contributed by atoms with Crippen molar-refractivity contribution >= 4 is 42.4 Å². The normalized spacial score (nSPS) is 14.7. The second-order valence-electron chi connectivity index (χ2n) is 11.1. The smallest absolute Gasteiger partial charge is 0.170 e. The summed E-state index contributed by atoms with van der Waals surface area (Å²) >= 11 is 0. The summed E-state index contributed by atoms with van der Waals surface area (Å²) in [4.78, 5) is 0. The van der Waals surface area contributed by atoms with E-state index < -0.39 is 23.4 Å². The van der Waals surface area contributed by atoms with Gasteiger partial charge < -0.3 is 4.41 Å². The zero-order valence-corrected chi connectivity index (χ0v) is 24.6. The molecule has 0 bridgehead atoms. The lowest BCUT2D eigenvalue weighted by Crippen LogP contribution is -2.39. The first-order valence-electron chi connectivity index (χ1n) is 10.9. The van der Waals surface area contributed by atoms with Crippen molar-refractivity contribution < 1.29 is 0 Å². The Morgan fingerprint density at radius 3 is 1.70 bits per heavy atom. The van der Waals surface area contributed by atoms with Crippen molar-refractivity contribution in [3.8, 4) is 0 Å². The Balaban J connectivity index is 2.96. The number of benzene rings is 2. The summed E-state index contributed by atoms with van der Waals surface area (Å²) in [5.41, 5.74) is 1.42. The van der Waals surface area contributed by atoms with Gasteiger partial charge in [-0.1, -0.05) is 123 Å². The molecule has 1 unspecified atom stereocenters. The van der Waals surface area contributed by atoms with Crippen LogP contribution in [-0.2, 0) is 0 Å². The van der Waals surface area contributed by atoms with E-state index in [9.17, 15) is 0 Å². The van der Waals surface area contributed by atoms with Crippen LogP contribution in [0.3, 0.4) is 0 Å². The minimum absolute atomic E-state index is 0.268. The standard InChI is InChI=1S/C25H41NP2Si2/c1-25(2,3)30(9,10)23(21-17-13-11-14-18-21)24(27-22-19-15-12-16-20-22)28(4,5)26-29(6,7)8/h11-20,27H,1-10H3/b24-23+. The number of hydrogen-bond donors (Lipinski definition) is 0. The van der Waals surface area contributed by atoms with Gasteiger partial charge in [0, 0.05) is 0 Å². The third-order valence-electron chi connectivity index (χ3n) is 5.93. The fraction of sp³-hybridized carbons (Fsp3) is 0.440.